The van der Waals surface area contributed by atoms with Crippen molar-refractivity contribution < 1.29 is 12.9 Å². The van der Waals surface area contributed by atoms with Crippen molar-refractivity contribution >= 4 is 32.8 Å². The van der Waals surface area contributed by atoms with Gasteiger partial charge in [0.05, 0.1) is 11.7 Å². The van der Waals surface area contributed by atoms with Crippen molar-refractivity contribution in [1.82, 2.24) is 23.6 Å². The zero-order chi connectivity index (χ0) is 17.2. The number of benzene rings is 1. The molecule has 1 aromatic carbocycles. The summed E-state index contributed by atoms with van der Waals surface area (Å²) in [7, 11) is -3.63. The van der Waals surface area contributed by atoms with Gasteiger partial charge in [-0.2, -0.15) is 13.7 Å². The number of fused-ring (bicyclic) bond motifs is 1. The van der Waals surface area contributed by atoms with Gasteiger partial charge in [-0.05, 0) is 18.6 Å². The van der Waals surface area contributed by atoms with Crippen molar-refractivity contribution in [2.75, 3.05) is 6.54 Å². The summed E-state index contributed by atoms with van der Waals surface area (Å²) in [5.41, 5.74) is 0.975. The molecule has 0 amide bonds. The van der Waals surface area contributed by atoms with Crippen molar-refractivity contribution in [3.05, 3.63) is 29.9 Å². The maximum Gasteiger partial charge on any atom is 0.242 e. The summed E-state index contributed by atoms with van der Waals surface area (Å²) in [6.07, 6.45) is 1.08. The standard InChI is InChI=1S/C14H17N5O3S2/c1-9(2)14-16-12(22-17-14)7-4-8-15-24(20,21)11-6-3-5-10-13(11)19-23-18-10/h3,5-6,9,15H,4,7-8H2,1-2H3. The van der Waals surface area contributed by atoms with Crippen LogP contribution in [0, 0.1) is 0 Å². The zero-order valence-corrected chi connectivity index (χ0v) is 14.9. The molecule has 10 heteroatoms. The van der Waals surface area contributed by atoms with E-state index in [0.717, 1.165) is 11.7 Å². The van der Waals surface area contributed by atoms with Crippen LogP contribution in [0.4, 0.5) is 0 Å². The van der Waals surface area contributed by atoms with Gasteiger partial charge < -0.3 is 4.52 Å². The fraction of sp³-hybridized carbons (Fsp3) is 0.429. The van der Waals surface area contributed by atoms with E-state index >= 15 is 0 Å². The van der Waals surface area contributed by atoms with E-state index in [0.29, 0.717) is 35.6 Å². The molecule has 0 unspecified atom stereocenters. The Labute approximate surface area is 143 Å². The van der Waals surface area contributed by atoms with E-state index in [1.807, 2.05) is 13.8 Å². The molecule has 1 N–H and O–H groups in total. The van der Waals surface area contributed by atoms with Gasteiger partial charge in [-0.15, -0.1) is 0 Å². The smallest absolute Gasteiger partial charge is 0.242 e. The number of nitrogens with zero attached hydrogens (tertiary/aromatic N) is 4. The number of hydrogen-bond acceptors (Lipinski definition) is 8. The Morgan fingerprint density at radius 2 is 2.12 bits per heavy atom. The van der Waals surface area contributed by atoms with Crippen molar-refractivity contribution in [1.29, 1.82) is 0 Å². The number of nitrogens with one attached hydrogen (secondary N) is 1. The first-order valence-corrected chi connectivity index (χ1v) is 9.72. The summed E-state index contributed by atoms with van der Waals surface area (Å²) in [5, 5.41) is 3.88. The van der Waals surface area contributed by atoms with Crippen LogP contribution in [0.1, 0.15) is 37.9 Å². The average molecular weight is 367 g/mol. The van der Waals surface area contributed by atoms with Crippen molar-refractivity contribution in [2.24, 2.45) is 0 Å². The lowest BCUT2D eigenvalue weighted by molar-refractivity contribution is 0.368. The molecule has 3 rings (SSSR count). The Morgan fingerprint density at radius 1 is 1.29 bits per heavy atom. The van der Waals surface area contributed by atoms with Crippen LogP contribution in [0.5, 0.6) is 0 Å². The highest BCUT2D eigenvalue weighted by atomic mass is 32.2. The van der Waals surface area contributed by atoms with Crippen molar-refractivity contribution in [2.45, 2.75) is 37.5 Å². The van der Waals surface area contributed by atoms with Gasteiger partial charge in [0, 0.05) is 18.9 Å². The highest BCUT2D eigenvalue weighted by Crippen LogP contribution is 2.20. The molecule has 0 aliphatic heterocycles. The summed E-state index contributed by atoms with van der Waals surface area (Å²) in [6.45, 7) is 4.24. The average Bonchev–Trinajstić information content (AvgIpc) is 3.20. The lowest BCUT2D eigenvalue weighted by Crippen LogP contribution is -2.25. The van der Waals surface area contributed by atoms with Crippen LogP contribution in [0.15, 0.2) is 27.6 Å². The molecule has 2 aromatic heterocycles. The number of sulfonamides is 1. The number of rotatable bonds is 7. The molecule has 0 atom stereocenters. The van der Waals surface area contributed by atoms with E-state index in [-0.39, 0.29) is 17.4 Å². The van der Waals surface area contributed by atoms with E-state index in [1.54, 1.807) is 12.1 Å². The third-order valence-electron chi connectivity index (χ3n) is 3.40. The fourth-order valence-corrected chi connectivity index (χ4v) is 3.96. The third kappa shape index (κ3) is 3.60. The van der Waals surface area contributed by atoms with E-state index in [9.17, 15) is 8.42 Å². The predicted molar refractivity (Wildman–Crippen MR) is 89.3 cm³/mol. The SMILES string of the molecule is CC(C)c1noc(CCCNS(=O)(=O)c2cccc3nsnc23)n1. The summed E-state index contributed by atoms with van der Waals surface area (Å²) in [4.78, 5) is 4.41. The van der Waals surface area contributed by atoms with E-state index in [2.05, 4.69) is 23.6 Å². The molecule has 0 aliphatic carbocycles. The molecule has 0 saturated heterocycles. The first-order valence-electron chi connectivity index (χ1n) is 7.51. The first-order chi connectivity index (χ1) is 11.5. The minimum Gasteiger partial charge on any atom is -0.339 e. The molecular weight excluding hydrogens is 350 g/mol. The van der Waals surface area contributed by atoms with E-state index < -0.39 is 10.0 Å². The molecule has 0 radical (unpaired) electrons. The molecule has 2 heterocycles. The highest BCUT2D eigenvalue weighted by Gasteiger charge is 2.19. The Balaban J connectivity index is 1.60. The Bertz CT molecular complexity index is 933. The lowest BCUT2D eigenvalue weighted by atomic mass is 10.2. The van der Waals surface area contributed by atoms with Crippen LogP contribution in [0.25, 0.3) is 11.0 Å². The highest BCUT2D eigenvalue weighted by molar-refractivity contribution is 7.89. The normalized spacial score (nSPS) is 12.3. The summed E-state index contributed by atoms with van der Waals surface area (Å²) in [5.74, 6) is 1.38. The molecule has 128 valence electrons. The molecule has 0 saturated carbocycles. The monoisotopic (exact) mass is 367 g/mol. The van der Waals surface area contributed by atoms with Gasteiger partial charge in [0.1, 0.15) is 15.9 Å². The van der Waals surface area contributed by atoms with Crippen LogP contribution in [0.2, 0.25) is 0 Å². The Morgan fingerprint density at radius 3 is 2.88 bits per heavy atom. The maximum absolute atomic E-state index is 12.4. The predicted octanol–water partition coefficient (Wildman–Crippen LogP) is 2.11. The Kier molecular flexibility index (Phi) is 4.88. The molecule has 0 spiro atoms. The molecule has 24 heavy (non-hydrogen) atoms. The van der Waals surface area contributed by atoms with Gasteiger partial charge in [0.15, 0.2) is 5.82 Å². The minimum absolute atomic E-state index is 0.147. The van der Waals surface area contributed by atoms with Gasteiger partial charge in [-0.25, -0.2) is 13.1 Å². The minimum atomic E-state index is -3.63. The number of aromatic nitrogens is 4. The summed E-state index contributed by atoms with van der Waals surface area (Å²) >= 11 is 0.994. The van der Waals surface area contributed by atoms with Crippen molar-refractivity contribution in [3.8, 4) is 0 Å². The first kappa shape index (κ1) is 16.9. The molecule has 3 aromatic rings. The third-order valence-corrected chi connectivity index (χ3v) is 5.43. The van der Waals surface area contributed by atoms with Gasteiger partial charge in [-0.3, -0.25) is 0 Å². The van der Waals surface area contributed by atoms with E-state index in [4.69, 9.17) is 4.52 Å². The Hall–Kier alpha value is -1.91. The van der Waals surface area contributed by atoms with Crippen molar-refractivity contribution in [3.63, 3.8) is 0 Å². The topological polar surface area (TPSA) is 111 Å². The second-order valence-corrected chi connectivity index (χ2v) is 7.85. The second kappa shape index (κ2) is 6.91. The zero-order valence-electron chi connectivity index (χ0n) is 13.3. The van der Waals surface area contributed by atoms with Crippen LogP contribution in [-0.2, 0) is 16.4 Å². The second-order valence-electron chi connectivity index (χ2n) is 5.59. The largest absolute Gasteiger partial charge is 0.339 e. The van der Waals surface area contributed by atoms with Gasteiger partial charge in [0.25, 0.3) is 0 Å². The number of aryl methyl sites for hydroxylation is 1. The van der Waals surface area contributed by atoms with Crippen LogP contribution < -0.4 is 4.72 Å². The fourth-order valence-electron chi connectivity index (χ4n) is 2.13. The van der Waals surface area contributed by atoms with E-state index in [1.165, 1.54) is 6.07 Å². The van der Waals surface area contributed by atoms with Gasteiger partial charge >= 0.3 is 0 Å². The maximum atomic E-state index is 12.4. The van der Waals surface area contributed by atoms with Crippen LogP contribution in [-0.4, -0.2) is 33.9 Å². The molecule has 0 bridgehead atoms. The quantitative estimate of drug-likeness (QED) is 0.637. The molecular formula is C14H17N5O3S2. The molecule has 0 aliphatic rings. The van der Waals surface area contributed by atoms with Gasteiger partial charge in [-0.1, -0.05) is 25.1 Å². The molecule has 8 nitrogen and oxygen atoms in total. The number of hydrogen-bond donors (Lipinski definition) is 1. The van der Waals surface area contributed by atoms with Crippen LogP contribution in [0.3, 0.4) is 0 Å². The van der Waals surface area contributed by atoms with Gasteiger partial charge in [0.2, 0.25) is 15.9 Å². The lowest BCUT2D eigenvalue weighted by Gasteiger charge is -2.06. The summed E-state index contributed by atoms with van der Waals surface area (Å²) in [6, 6.07) is 4.92. The van der Waals surface area contributed by atoms with Crippen LogP contribution >= 0.6 is 11.7 Å². The molecule has 0 fully saturated rings. The summed E-state index contributed by atoms with van der Waals surface area (Å²) < 4.78 is 40.7.